The van der Waals surface area contributed by atoms with Crippen molar-refractivity contribution in [1.29, 1.82) is 0 Å². The van der Waals surface area contributed by atoms with Crippen molar-refractivity contribution >= 4 is 11.7 Å². The average Bonchev–Trinajstić information content (AvgIpc) is 2.52. The molecular formula is C18H14FNO2. The van der Waals surface area contributed by atoms with Crippen molar-refractivity contribution in [2.75, 3.05) is 6.54 Å². The minimum atomic E-state index is -0.562. The third-order valence-corrected chi connectivity index (χ3v) is 2.98. The van der Waals surface area contributed by atoms with Gasteiger partial charge in [-0.1, -0.05) is 36.1 Å². The summed E-state index contributed by atoms with van der Waals surface area (Å²) < 4.78 is 13.4. The van der Waals surface area contributed by atoms with Gasteiger partial charge in [0.2, 0.25) is 0 Å². The maximum absolute atomic E-state index is 13.4. The maximum atomic E-state index is 13.4. The van der Waals surface area contributed by atoms with Crippen molar-refractivity contribution < 1.29 is 14.0 Å². The van der Waals surface area contributed by atoms with Crippen molar-refractivity contribution in [3.05, 3.63) is 71.0 Å². The first kappa shape index (κ1) is 15.5. The van der Waals surface area contributed by atoms with Crippen molar-refractivity contribution in [2.45, 2.75) is 6.92 Å². The molecular weight excluding hydrogens is 281 g/mol. The molecule has 2 rings (SSSR count). The zero-order chi connectivity index (χ0) is 15.9. The molecule has 22 heavy (non-hydrogen) atoms. The molecule has 1 amide bonds. The molecule has 0 saturated carbocycles. The number of Topliss-reactive ketones (excluding diaryl/α,β-unsaturated/α-hetero) is 1. The number of carbonyl (C=O) groups excluding carboxylic acids is 2. The second kappa shape index (κ2) is 7.19. The van der Waals surface area contributed by atoms with Crippen LogP contribution in [0.25, 0.3) is 0 Å². The molecule has 2 aromatic carbocycles. The van der Waals surface area contributed by atoms with Gasteiger partial charge in [0.15, 0.2) is 5.78 Å². The normalized spacial score (nSPS) is 9.55. The molecule has 0 aromatic heterocycles. The molecule has 1 N–H and O–H groups in total. The summed E-state index contributed by atoms with van der Waals surface area (Å²) in [6.45, 7) is 1.61. The van der Waals surface area contributed by atoms with E-state index in [9.17, 15) is 14.0 Å². The van der Waals surface area contributed by atoms with E-state index in [0.29, 0.717) is 5.56 Å². The predicted octanol–water partition coefficient (Wildman–Crippen LogP) is 2.81. The maximum Gasteiger partial charge on any atom is 0.255 e. The zero-order valence-electron chi connectivity index (χ0n) is 12.0. The molecule has 0 heterocycles. The number of ketones is 1. The summed E-state index contributed by atoms with van der Waals surface area (Å²) in [5, 5.41) is 2.53. The summed E-state index contributed by atoms with van der Waals surface area (Å²) >= 11 is 0. The van der Waals surface area contributed by atoms with E-state index in [2.05, 4.69) is 17.2 Å². The number of hydrogen-bond acceptors (Lipinski definition) is 2. The fourth-order valence-corrected chi connectivity index (χ4v) is 1.80. The van der Waals surface area contributed by atoms with Crippen LogP contribution in [0.3, 0.4) is 0 Å². The van der Waals surface area contributed by atoms with E-state index in [1.807, 2.05) is 0 Å². The minimum absolute atomic E-state index is 0.00309. The number of rotatable bonds is 3. The topological polar surface area (TPSA) is 46.2 Å². The van der Waals surface area contributed by atoms with Crippen LogP contribution in [0, 0.1) is 17.7 Å². The second-order valence-corrected chi connectivity index (χ2v) is 4.60. The van der Waals surface area contributed by atoms with Crippen LogP contribution in [0.2, 0.25) is 0 Å². The molecule has 2 aromatic rings. The number of nitrogens with one attached hydrogen (secondary N) is 1. The Bertz CT molecular complexity index is 755. The predicted molar refractivity (Wildman–Crippen MR) is 82.1 cm³/mol. The van der Waals surface area contributed by atoms with Crippen LogP contribution in [0.1, 0.15) is 33.2 Å². The molecule has 0 radical (unpaired) electrons. The van der Waals surface area contributed by atoms with E-state index in [0.717, 1.165) is 5.56 Å². The molecule has 0 fully saturated rings. The monoisotopic (exact) mass is 295 g/mol. The highest BCUT2D eigenvalue weighted by Gasteiger charge is 2.08. The molecule has 0 aliphatic carbocycles. The summed E-state index contributed by atoms with van der Waals surface area (Å²) in [7, 11) is 0. The van der Waals surface area contributed by atoms with Gasteiger partial charge in [-0.05, 0) is 31.2 Å². The lowest BCUT2D eigenvalue weighted by Gasteiger charge is -2.02. The van der Waals surface area contributed by atoms with Gasteiger partial charge in [-0.25, -0.2) is 4.39 Å². The van der Waals surface area contributed by atoms with E-state index < -0.39 is 11.7 Å². The molecule has 0 aliphatic rings. The lowest BCUT2D eigenvalue weighted by Crippen LogP contribution is -2.24. The average molecular weight is 295 g/mol. The van der Waals surface area contributed by atoms with Crippen molar-refractivity contribution in [3.8, 4) is 11.8 Å². The van der Waals surface area contributed by atoms with Crippen molar-refractivity contribution in [3.63, 3.8) is 0 Å². The smallest absolute Gasteiger partial charge is 0.255 e. The Hall–Kier alpha value is -2.93. The van der Waals surface area contributed by atoms with Crippen LogP contribution in [0.15, 0.2) is 48.5 Å². The molecule has 0 unspecified atom stereocenters. The minimum Gasteiger partial charge on any atom is -0.341 e. The van der Waals surface area contributed by atoms with Gasteiger partial charge in [-0.15, -0.1) is 0 Å². The SMILES string of the molecule is CC(=O)c1ccc(C#CCNC(=O)c2ccccc2F)cc1. The van der Waals surface area contributed by atoms with E-state index in [1.54, 1.807) is 30.3 Å². The van der Waals surface area contributed by atoms with Crippen molar-refractivity contribution in [2.24, 2.45) is 0 Å². The lowest BCUT2D eigenvalue weighted by atomic mass is 10.1. The third-order valence-electron chi connectivity index (χ3n) is 2.98. The molecule has 0 saturated heterocycles. The number of amides is 1. The van der Waals surface area contributed by atoms with Gasteiger partial charge in [-0.2, -0.15) is 0 Å². The van der Waals surface area contributed by atoms with Gasteiger partial charge >= 0.3 is 0 Å². The van der Waals surface area contributed by atoms with E-state index in [4.69, 9.17) is 0 Å². The Morgan fingerprint density at radius 1 is 1.09 bits per heavy atom. The fourth-order valence-electron chi connectivity index (χ4n) is 1.80. The van der Waals surface area contributed by atoms with Crippen LogP contribution >= 0.6 is 0 Å². The summed E-state index contributed by atoms with van der Waals surface area (Å²) in [5.74, 6) is 4.58. The zero-order valence-corrected chi connectivity index (χ0v) is 12.0. The van der Waals surface area contributed by atoms with Gasteiger partial charge in [0.25, 0.3) is 5.91 Å². The fraction of sp³-hybridized carbons (Fsp3) is 0.111. The van der Waals surface area contributed by atoms with Gasteiger partial charge in [-0.3, -0.25) is 9.59 Å². The molecule has 0 aliphatic heterocycles. The summed E-state index contributed by atoms with van der Waals surface area (Å²) in [6, 6.07) is 12.6. The first-order chi connectivity index (χ1) is 10.6. The molecule has 0 bridgehead atoms. The largest absolute Gasteiger partial charge is 0.341 e. The van der Waals surface area contributed by atoms with E-state index >= 15 is 0 Å². The standard InChI is InChI=1S/C18H14FNO2/c1-13(21)15-10-8-14(9-11-15)5-4-12-20-18(22)16-6-2-3-7-17(16)19/h2-3,6-11H,12H2,1H3,(H,20,22). The van der Waals surface area contributed by atoms with Gasteiger partial charge < -0.3 is 5.32 Å². The Morgan fingerprint density at radius 3 is 2.41 bits per heavy atom. The van der Waals surface area contributed by atoms with Gasteiger partial charge in [0.1, 0.15) is 5.82 Å². The first-order valence-electron chi connectivity index (χ1n) is 6.70. The quantitative estimate of drug-likeness (QED) is 0.699. The Kier molecular flexibility index (Phi) is 5.05. The summed E-state index contributed by atoms with van der Waals surface area (Å²) in [5.41, 5.74) is 1.36. The number of halogens is 1. The highest BCUT2D eigenvalue weighted by molar-refractivity contribution is 5.94. The van der Waals surface area contributed by atoms with E-state index in [1.165, 1.54) is 25.1 Å². The molecule has 0 atom stereocenters. The Balaban J connectivity index is 1.93. The number of benzene rings is 2. The second-order valence-electron chi connectivity index (χ2n) is 4.60. The lowest BCUT2D eigenvalue weighted by molar-refractivity contribution is 0.0953. The Morgan fingerprint density at radius 2 is 1.77 bits per heavy atom. The van der Waals surface area contributed by atoms with Crippen LogP contribution < -0.4 is 5.32 Å². The van der Waals surface area contributed by atoms with Gasteiger partial charge in [0.05, 0.1) is 12.1 Å². The van der Waals surface area contributed by atoms with Crippen LogP contribution in [-0.2, 0) is 0 Å². The van der Waals surface area contributed by atoms with E-state index in [-0.39, 0.29) is 17.9 Å². The summed E-state index contributed by atoms with van der Waals surface area (Å²) in [6.07, 6.45) is 0. The summed E-state index contributed by atoms with van der Waals surface area (Å²) in [4.78, 5) is 22.9. The van der Waals surface area contributed by atoms with Gasteiger partial charge in [0, 0.05) is 11.1 Å². The molecule has 110 valence electrons. The van der Waals surface area contributed by atoms with Crippen molar-refractivity contribution in [1.82, 2.24) is 5.32 Å². The molecule has 3 nitrogen and oxygen atoms in total. The number of carbonyl (C=O) groups is 2. The first-order valence-corrected chi connectivity index (χ1v) is 6.70. The van der Waals surface area contributed by atoms with Crippen LogP contribution in [0.4, 0.5) is 4.39 Å². The van der Waals surface area contributed by atoms with Crippen LogP contribution in [-0.4, -0.2) is 18.2 Å². The van der Waals surface area contributed by atoms with Crippen LogP contribution in [0.5, 0.6) is 0 Å². The Labute approximate surface area is 128 Å². The number of hydrogen-bond donors (Lipinski definition) is 1. The third kappa shape index (κ3) is 4.03. The highest BCUT2D eigenvalue weighted by Crippen LogP contribution is 2.05. The highest BCUT2D eigenvalue weighted by atomic mass is 19.1. The molecule has 4 heteroatoms. The molecule has 0 spiro atoms.